The van der Waals surface area contributed by atoms with Gasteiger partial charge in [0.25, 0.3) is 0 Å². The maximum absolute atomic E-state index is 5.39. The summed E-state index contributed by atoms with van der Waals surface area (Å²) in [4.78, 5) is 0. The van der Waals surface area contributed by atoms with Gasteiger partial charge in [-0.05, 0) is 30.4 Å². The Hall–Kier alpha value is -1.50. The fourth-order valence-electron chi connectivity index (χ4n) is 2.20. The van der Waals surface area contributed by atoms with E-state index in [1.165, 1.54) is 11.1 Å². The van der Waals surface area contributed by atoms with Gasteiger partial charge in [-0.15, -0.1) is 0 Å². The topological polar surface area (TPSA) is 9.23 Å². The standard InChI is InChI=1S/C15H18O/c1-12(11-13-7-3-4-8-13)14-9-5-6-10-15(14)16-2/h3,5-10,12H,4,11H2,1-2H3. The van der Waals surface area contributed by atoms with E-state index < -0.39 is 0 Å². The first kappa shape index (κ1) is 11.0. The van der Waals surface area contributed by atoms with E-state index in [0.29, 0.717) is 5.92 Å². The van der Waals surface area contributed by atoms with Gasteiger partial charge < -0.3 is 4.74 Å². The summed E-state index contributed by atoms with van der Waals surface area (Å²) in [6, 6.07) is 8.28. The molecule has 0 radical (unpaired) electrons. The summed E-state index contributed by atoms with van der Waals surface area (Å²) in [5, 5.41) is 0. The van der Waals surface area contributed by atoms with E-state index in [2.05, 4.69) is 37.3 Å². The molecule has 0 spiro atoms. The Kier molecular flexibility index (Phi) is 3.45. The Morgan fingerprint density at radius 2 is 2.12 bits per heavy atom. The lowest BCUT2D eigenvalue weighted by Gasteiger charge is -2.15. The summed E-state index contributed by atoms with van der Waals surface area (Å²) >= 11 is 0. The molecule has 1 unspecified atom stereocenters. The van der Waals surface area contributed by atoms with E-state index in [-0.39, 0.29) is 0 Å². The molecule has 1 nitrogen and oxygen atoms in total. The molecule has 1 atom stereocenters. The van der Waals surface area contributed by atoms with E-state index in [4.69, 9.17) is 4.74 Å². The third kappa shape index (κ3) is 2.35. The molecule has 0 aromatic heterocycles. The van der Waals surface area contributed by atoms with Crippen molar-refractivity contribution in [3.05, 3.63) is 53.6 Å². The van der Waals surface area contributed by atoms with E-state index in [1.54, 1.807) is 7.11 Å². The SMILES string of the molecule is COc1ccccc1C(C)CC1=CCC=C1. The molecular weight excluding hydrogens is 196 g/mol. The first-order valence-electron chi connectivity index (χ1n) is 5.79. The van der Waals surface area contributed by atoms with Crippen molar-refractivity contribution in [1.82, 2.24) is 0 Å². The third-order valence-corrected chi connectivity index (χ3v) is 3.06. The number of hydrogen-bond acceptors (Lipinski definition) is 1. The number of ether oxygens (including phenoxy) is 1. The highest BCUT2D eigenvalue weighted by Gasteiger charge is 2.12. The molecule has 16 heavy (non-hydrogen) atoms. The summed E-state index contributed by atoms with van der Waals surface area (Å²) in [6.45, 7) is 2.25. The smallest absolute Gasteiger partial charge is 0.122 e. The van der Waals surface area contributed by atoms with Crippen LogP contribution in [0, 0.1) is 0 Å². The van der Waals surface area contributed by atoms with Gasteiger partial charge in [-0.3, -0.25) is 0 Å². The van der Waals surface area contributed by atoms with Gasteiger partial charge in [-0.1, -0.05) is 48.9 Å². The Balaban J connectivity index is 2.13. The molecule has 84 valence electrons. The third-order valence-electron chi connectivity index (χ3n) is 3.06. The monoisotopic (exact) mass is 214 g/mol. The maximum atomic E-state index is 5.39. The van der Waals surface area contributed by atoms with E-state index in [0.717, 1.165) is 18.6 Å². The zero-order valence-corrected chi connectivity index (χ0v) is 9.94. The summed E-state index contributed by atoms with van der Waals surface area (Å²) in [6.07, 6.45) is 8.92. The van der Waals surface area contributed by atoms with Crippen LogP contribution < -0.4 is 4.74 Å². The zero-order chi connectivity index (χ0) is 11.4. The van der Waals surface area contributed by atoms with Crippen molar-refractivity contribution in [3.8, 4) is 5.75 Å². The van der Waals surface area contributed by atoms with Crippen LogP contribution in [0.3, 0.4) is 0 Å². The number of methoxy groups -OCH3 is 1. The largest absolute Gasteiger partial charge is 0.496 e. The predicted octanol–water partition coefficient (Wildman–Crippen LogP) is 4.08. The van der Waals surface area contributed by atoms with Gasteiger partial charge in [0, 0.05) is 0 Å². The molecule has 0 heterocycles. The molecule has 0 aliphatic heterocycles. The van der Waals surface area contributed by atoms with Crippen molar-refractivity contribution in [1.29, 1.82) is 0 Å². The molecule has 1 aromatic rings. The van der Waals surface area contributed by atoms with Crippen LogP contribution in [-0.2, 0) is 0 Å². The average molecular weight is 214 g/mol. The first-order valence-corrected chi connectivity index (χ1v) is 5.79. The van der Waals surface area contributed by atoms with Crippen molar-refractivity contribution >= 4 is 0 Å². The van der Waals surface area contributed by atoms with Crippen LogP contribution >= 0.6 is 0 Å². The number of hydrogen-bond donors (Lipinski definition) is 0. The molecule has 0 N–H and O–H groups in total. The molecular formula is C15H18O. The van der Waals surface area contributed by atoms with Gasteiger partial charge in [0.05, 0.1) is 7.11 Å². The highest BCUT2D eigenvalue weighted by Crippen LogP contribution is 2.31. The van der Waals surface area contributed by atoms with E-state index in [9.17, 15) is 0 Å². The number of benzene rings is 1. The van der Waals surface area contributed by atoms with Gasteiger partial charge >= 0.3 is 0 Å². The number of rotatable bonds is 4. The van der Waals surface area contributed by atoms with Gasteiger partial charge in [0.15, 0.2) is 0 Å². The molecule has 0 amide bonds. The average Bonchev–Trinajstić information content (AvgIpc) is 2.81. The minimum Gasteiger partial charge on any atom is -0.496 e. The van der Waals surface area contributed by atoms with Crippen LogP contribution in [-0.4, -0.2) is 7.11 Å². The van der Waals surface area contributed by atoms with Crippen LogP contribution in [0.4, 0.5) is 0 Å². The van der Waals surface area contributed by atoms with E-state index in [1.807, 2.05) is 12.1 Å². The minimum absolute atomic E-state index is 0.505. The Bertz CT molecular complexity index is 415. The van der Waals surface area contributed by atoms with Crippen LogP contribution in [0.1, 0.15) is 31.2 Å². The normalized spacial score (nSPS) is 16.0. The molecule has 1 aliphatic carbocycles. The number of allylic oxidation sites excluding steroid dienone is 4. The Morgan fingerprint density at radius 1 is 1.31 bits per heavy atom. The predicted molar refractivity (Wildman–Crippen MR) is 67.9 cm³/mol. The van der Waals surface area contributed by atoms with Crippen LogP contribution in [0.25, 0.3) is 0 Å². The minimum atomic E-state index is 0.505. The molecule has 2 rings (SSSR count). The van der Waals surface area contributed by atoms with Crippen molar-refractivity contribution in [3.63, 3.8) is 0 Å². The molecule has 1 aromatic carbocycles. The van der Waals surface area contributed by atoms with Crippen LogP contribution in [0.15, 0.2) is 48.1 Å². The summed E-state index contributed by atoms with van der Waals surface area (Å²) in [5.41, 5.74) is 2.74. The van der Waals surface area contributed by atoms with Crippen LogP contribution in [0.5, 0.6) is 5.75 Å². The van der Waals surface area contributed by atoms with Crippen molar-refractivity contribution in [2.24, 2.45) is 0 Å². The maximum Gasteiger partial charge on any atom is 0.122 e. The lowest BCUT2D eigenvalue weighted by molar-refractivity contribution is 0.406. The summed E-state index contributed by atoms with van der Waals surface area (Å²) < 4.78 is 5.39. The molecule has 0 fully saturated rings. The fourth-order valence-corrected chi connectivity index (χ4v) is 2.20. The zero-order valence-electron chi connectivity index (χ0n) is 9.94. The molecule has 1 aliphatic rings. The van der Waals surface area contributed by atoms with Gasteiger partial charge in [-0.2, -0.15) is 0 Å². The quantitative estimate of drug-likeness (QED) is 0.734. The van der Waals surface area contributed by atoms with Crippen molar-refractivity contribution < 1.29 is 4.74 Å². The highest BCUT2D eigenvalue weighted by molar-refractivity contribution is 5.38. The summed E-state index contributed by atoms with van der Waals surface area (Å²) in [7, 11) is 1.74. The molecule has 1 heteroatoms. The Labute approximate surface area is 97.4 Å². The lowest BCUT2D eigenvalue weighted by Crippen LogP contribution is -1.98. The number of para-hydroxylation sites is 1. The van der Waals surface area contributed by atoms with Crippen molar-refractivity contribution in [2.45, 2.75) is 25.7 Å². The second-order valence-corrected chi connectivity index (χ2v) is 4.26. The molecule has 0 saturated carbocycles. The second-order valence-electron chi connectivity index (χ2n) is 4.26. The fraction of sp³-hybridized carbons (Fsp3) is 0.333. The Morgan fingerprint density at radius 3 is 2.81 bits per heavy atom. The second kappa shape index (κ2) is 5.02. The lowest BCUT2D eigenvalue weighted by atomic mass is 9.93. The summed E-state index contributed by atoms with van der Waals surface area (Å²) in [5.74, 6) is 1.50. The van der Waals surface area contributed by atoms with Gasteiger partial charge in [0.2, 0.25) is 0 Å². The molecule has 0 bridgehead atoms. The molecule has 0 saturated heterocycles. The van der Waals surface area contributed by atoms with Gasteiger partial charge in [-0.25, -0.2) is 0 Å². The first-order chi connectivity index (χ1) is 7.81. The van der Waals surface area contributed by atoms with Crippen LogP contribution in [0.2, 0.25) is 0 Å². The van der Waals surface area contributed by atoms with Gasteiger partial charge in [0.1, 0.15) is 5.75 Å². The highest BCUT2D eigenvalue weighted by atomic mass is 16.5. The van der Waals surface area contributed by atoms with Crippen molar-refractivity contribution in [2.75, 3.05) is 7.11 Å². The van der Waals surface area contributed by atoms with E-state index >= 15 is 0 Å².